The van der Waals surface area contributed by atoms with Crippen molar-refractivity contribution in [2.75, 3.05) is 18.2 Å². The van der Waals surface area contributed by atoms with Gasteiger partial charge in [0.15, 0.2) is 5.13 Å². The van der Waals surface area contributed by atoms with E-state index >= 15 is 0 Å². The number of amides is 1. The maximum Gasteiger partial charge on any atom is 0.350 e. The maximum absolute atomic E-state index is 12.4. The zero-order chi connectivity index (χ0) is 21.1. The number of rotatable bonds is 6. The highest BCUT2D eigenvalue weighted by Gasteiger charge is 2.18. The maximum atomic E-state index is 12.4. The molecule has 0 aliphatic heterocycles. The Morgan fingerprint density at radius 3 is 2.83 bits per heavy atom. The average Bonchev–Trinajstić information content (AvgIpc) is 3.35. The van der Waals surface area contributed by atoms with Gasteiger partial charge in [0.2, 0.25) is 5.91 Å². The summed E-state index contributed by atoms with van der Waals surface area (Å²) in [5, 5.41) is 3.77. The van der Waals surface area contributed by atoms with E-state index in [9.17, 15) is 9.59 Å². The summed E-state index contributed by atoms with van der Waals surface area (Å²) in [4.78, 5) is 41.0. The smallest absolute Gasteiger partial charge is 0.350 e. The van der Waals surface area contributed by atoms with E-state index in [0.717, 1.165) is 27.9 Å². The topological polar surface area (TPSA) is 110 Å². The summed E-state index contributed by atoms with van der Waals surface area (Å²) in [6.45, 7) is 1.70. The molecule has 4 aromatic rings. The Morgan fingerprint density at radius 1 is 1.20 bits per heavy atom. The van der Waals surface area contributed by atoms with Crippen LogP contribution in [0.2, 0.25) is 0 Å². The molecule has 0 aliphatic rings. The Balaban J connectivity index is 1.47. The number of imidazole rings is 1. The molecule has 0 fully saturated rings. The van der Waals surface area contributed by atoms with E-state index in [1.807, 2.05) is 36.4 Å². The van der Waals surface area contributed by atoms with Crippen molar-refractivity contribution in [1.29, 1.82) is 0 Å². The van der Waals surface area contributed by atoms with Crippen LogP contribution < -0.4 is 5.32 Å². The van der Waals surface area contributed by atoms with Crippen molar-refractivity contribution in [2.45, 2.75) is 11.9 Å². The molecule has 0 atom stereocenters. The number of carbonyl (C=O) groups excluding carboxylic acids is 2. The van der Waals surface area contributed by atoms with Gasteiger partial charge in [0, 0.05) is 11.8 Å². The number of fused-ring (bicyclic) bond motifs is 1. The van der Waals surface area contributed by atoms with Crippen LogP contribution in [0, 0.1) is 6.92 Å². The lowest BCUT2D eigenvalue weighted by atomic mass is 10.3. The Hall–Kier alpha value is -3.24. The van der Waals surface area contributed by atoms with Crippen LogP contribution >= 0.6 is 23.1 Å². The number of para-hydroxylation sites is 2. The van der Waals surface area contributed by atoms with Gasteiger partial charge in [0.1, 0.15) is 15.7 Å². The number of carbonyl (C=O) groups is 2. The Kier molecular flexibility index (Phi) is 5.77. The van der Waals surface area contributed by atoms with Crippen molar-refractivity contribution in [3.63, 3.8) is 0 Å². The number of aryl methyl sites for hydroxylation is 1. The predicted molar refractivity (Wildman–Crippen MR) is 117 cm³/mol. The Bertz CT molecular complexity index is 1200. The van der Waals surface area contributed by atoms with E-state index in [-0.39, 0.29) is 11.7 Å². The van der Waals surface area contributed by atoms with Crippen molar-refractivity contribution >= 4 is 51.1 Å². The Morgan fingerprint density at radius 2 is 2.03 bits per heavy atom. The van der Waals surface area contributed by atoms with Crippen molar-refractivity contribution in [3.8, 4) is 11.4 Å². The molecule has 1 aromatic carbocycles. The number of nitrogens with zero attached hydrogens (tertiary/aromatic N) is 3. The van der Waals surface area contributed by atoms with Gasteiger partial charge in [-0.1, -0.05) is 35.2 Å². The van der Waals surface area contributed by atoms with Crippen LogP contribution in [0.15, 0.2) is 47.6 Å². The molecule has 0 aliphatic carbocycles. The molecule has 10 heteroatoms. The lowest BCUT2D eigenvalue weighted by Gasteiger charge is -2.06. The molecule has 0 radical (unpaired) electrons. The summed E-state index contributed by atoms with van der Waals surface area (Å²) in [5.74, 6) is 0.122. The zero-order valence-corrected chi connectivity index (χ0v) is 17.8. The number of pyridine rings is 1. The predicted octanol–water partition coefficient (Wildman–Crippen LogP) is 3.91. The number of hydrogen-bond acceptors (Lipinski definition) is 8. The number of anilines is 1. The van der Waals surface area contributed by atoms with Crippen LogP contribution in [-0.2, 0) is 9.53 Å². The van der Waals surface area contributed by atoms with E-state index in [4.69, 9.17) is 4.74 Å². The van der Waals surface area contributed by atoms with Crippen LogP contribution in [0.5, 0.6) is 0 Å². The third-order valence-corrected chi connectivity index (χ3v) is 6.23. The highest BCUT2D eigenvalue weighted by atomic mass is 32.2. The molecule has 0 spiro atoms. The number of H-pyrrole nitrogens is 1. The number of esters is 1. The number of thioether (sulfide) groups is 1. The molecular formula is C20H17N5O3S2. The number of aromatic amines is 1. The molecule has 1 amide bonds. The third kappa shape index (κ3) is 4.19. The first kappa shape index (κ1) is 20.0. The van der Waals surface area contributed by atoms with Gasteiger partial charge in [-0.2, -0.15) is 0 Å². The quantitative estimate of drug-likeness (QED) is 0.346. The second-order valence-electron chi connectivity index (χ2n) is 6.22. The van der Waals surface area contributed by atoms with Crippen LogP contribution in [-0.4, -0.2) is 44.7 Å². The third-order valence-electron chi connectivity index (χ3n) is 4.17. The lowest BCUT2D eigenvalue weighted by Crippen LogP contribution is -2.14. The van der Waals surface area contributed by atoms with Gasteiger partial charge in [-0.3, -0.25) is 4.79 Å². The van der Waals surface area contributed by atoms with Crippen LogP contribution in [0.4, 0.5) is 5.13 Å². The summed E-state index contributed by atoms with van der Waals surface area (Å²) in [7, 11) is 1.31. The molecule has 2 N–H and O–H groups in total. The SMILES string of the molecule is COC(=O)c1sc(NC(=O)CSc2ncccc2-c2nc3ccccc3[nH]2)nc1C. The highest BCUT2D eigenvalue weighted by Crippen LogP contribution is 2.29. The van der Waals surface area contributed by atoms with Crippen molar-refractivity contribution < 1.29 is 14.3 Å². The number of benzene rings is 1. The number of thiazole rings is 1. The van der Waals surface area contributed by atoms with Gasteiger partial charge < -0.3 is 15.0 Å². The van der Waals surface area contributed by atoms with Gasteiger partial charge >= 0.3 is 5.97 Å². The minimum atomic E-state index is -0.469. The summed E-state index contributed by atoms with van der Waals surface area (Å²) in [5.41, 5.74) is 3.15. The van der Waals surface area contributed by atoms with Crippen molar-refractivity contribution in [3.05, 3.63) is 53.2 Å². The van der Waals surface area contributed by atoms with E-state index in [1.165, 1.54) is 18.9 Å². The first-order valence-electron chi connectivity index (χ1n) is 8.93. The number of nitrogens with one attached hydrogen (secondary N) is 2. The molecule has 30 heavy (non-hydrogen) atoms. The Labute approximate surface area is 180 Å². The summed E-state index contributed by atoms with van der Waals surface area (Å²) >= 11 is 2.39. The average molecular weight is 440 g/mol. The fourth-order valence-corrected chi connectivity index (χ4v) is 4.48. The second-order valence-corrected chi connectivity index (χ2v) is 8.18. The monoisotopic (exact) mass is 439 g/mol. The molecule has 3 aromatic heterocycles. The van der Waals surface area contributed by atoms with Gasteiger partial charge in [0.05, 0.1) is 29.6 Å². The molecule has 152 valence electrons. The molecule has 0 saturated heterocycles. The van der Waals surface area contributed by atoms with E-state index < -0.39 is 5.97 Å². The highest BCUT2D eigenvalue weighted by molar-refractivity contribution is 8.00. The molecule has 3 heterocycles. The number of aromatic nitrogens is 4. The molecule has 0 bridgehead atoms. The van der Waals surface area contributed by atoms with E-state index in [1.54, 1.807) is 13.1 Å². The zero-order valence-electron chi connectivity index (χ0n) is 16.1. The fourth-order valence-electron chi connectivity index (χ4n) is 2.79. The first-order chi connectivity index (χ1) is 14.5. The van der Waals surface area contributed by atoms with E-state index in [2.05, 4.69) is 25.3 Å². The van der Waals surface area contributed by atoms with Gasteiger partial charge in [-0.15, -0.1) is 0 Å². The largest absolute Gasteiger partial charge is 0.465 e. The summed E-state index contributed by atoms with van der Waals surface area (Å²) in [6, 6.07) is 11.5. The van der Waals surface area contributed by atoms with Crippen LogP contribution in [0.3, 0.4) is 0 Å². The second kappa shape index (κ2) is 8.64. The molecule has 0 unspecified atom stereocenters. The van der Waals surface area contributed by atoms with Gasteiger partial charge in [-0.25, -0.2) is 19.7 Å². The molecular weight excluding hydrogens is 422 g/mol. The van der Waals surface area contributed by atoms with Crippen LogP contribution in [0.25, 0.3) is 22.4 Å². The summed E-state index contributed by atoms with van der Waals surface area (Å²) < 4.78 is 4.72. The minimum Gasteiger partial charge on any atom is -0.465 e. The number of hydrogen-bond donors (Lipinski definition) is 2. The molecule has 0 saturated carbocycles. The number of methoxy groups -OCH3 is 1. The standard InChI is InChI=1S/C20H17N5O3S2/c1-11-16(19(27)28-2)30-20(22-11)25-15(26)10-29-18-12(6-5-9-21-18)17-23-13-7-3-4-8-14(13)24-17/h3-9H,10H2,1-2H3,(H,23,24)(H,22,25,26). The van der Waals surface area contributed by atoms with Crippen LogP contribution in [0.1, 0.15) is 15.4 Å². The lowest BCUT2D eigenvalue weighted by molar-refractivity contribution is -0.113. The normalized spacial score (nSPS) is 10.9. The first-order valence-corrected chi connectivity index (χ1v) is 10.7. The summed E-state index contributed by atoms with van der Waals surface area (Å²) in [6.07, 6.45) is 1.68. The van der Waals surface area contributed by atoms with Gasteiger partial charge in [-0.05, 0) is 31.2 Å². The van der Waals surface area contributed by atoms with Crippen molar-refractivity contribution in [1.82, 2.24) is 19.9 Å². The molecule has 8 nitrogen and oxygen atoms in total. The number of ether oxygens (including phenoxy) is 1. The van der Waals surface area contributed by atoms with Crippen molar-refractivity contribution in [2.24, 2.45) is 0 Å². The molecule has 4 rings (SSSR count). The van der Waals surface area contributed by atoms with Gasteiger partial charge in [0.25, 0.3) is 0 Å². The minimum absolute atomic E-state index is 0.135. The fraction of sp³-hybridized carbons (Fsp3) is 0.150. The van der Waals surface area contributed by atoms with E-state index in [0.29, 0.717) is 26.6 Å².